The van der Waals surface area contributed by atoms with E-state index in [0.717, 1.165) is 30.4 Å². The molecule has 0 saturated carbocycles. The SMILES string of the molecule is N#Cc1ccc2cnc(N[C@@H]3CCNC3)nc2c1. The van der Waals surface area contributed by atoms with Gasteiger partial charge in [0.15, 0.2) is 0 Å². The Morgan fingerprint density at radius 2 is 2.39 bits per heavy atom. The normalized spacial score (nSPS) is 18.7. The molecule has 1 saturated heterocycles. The van der Waals surface area contributed by atoms with Crippen LogP contribution in [0.15, 0.2) is 24.4 Å². The van der Waals surface area contributed by atoms with E-state index in [1.807, 2.05) is 6.07 Å². The largest absolute Gasteiger partial charge is 0.350 e. The summed E-state index contributed by atoms with van der Waals surface area (Å²) in [6.07, 6.45) is 2.87. The summed E-state index contributed by atoms with van der Waals surface area (Å²) in [4.78, 5) is 8.74. The summed E-state index contributed by atoms with van der Waals surface area (Å²) in [6, 6.07) is 7.95. The van der Waals surface area contributed by atoms with Crippen LogP contribution in [0, 0.1) is 11.3 Å². The summed E-state index contributed by atoms with van der Waals surface area (Å²) in [6.45, 7) is 1.98. The fraction of sp³-hybridized carbons (Fsp3) is 0.308. The van der Waals surface area contributed by atoms with Crippen molar-refractivity contribution in [1.82, 2.24) is 15.3 Å². The van der Waals surface area contributed by atoms with Crippen LogP contribution in [0.2, 0.25) is 0 Å². The third-order valence-electron chi connectivity index (χ3n) is 3.11. The fourth-order valence-electron chi connectivity index (χ4n) is 2.12. The third kappa shape index (κ3) is 2.11. The van der Waals surface area contributed by atoms with E-state index in [2.05, 4.69) is 26.7 Å². The highest BCUT2D eigenvalue weighted by Gasteiger charge is 2.14. The quantitative estimate of drug-likeness (QED) is 0.825. The van der Waals surface area contributed by atoms with Crippen LogP contribution in [0.5, 0.6) is 0 Å². The molecule has 3 rings (SSSR count). The molecule has 0 spiro atoms. The predicted molar refractivity (Wildman–Crippen MR) is 69.2 cm³/mol. The first-order valence-corrected chi connectivity index (χ1v) is 5.99. The Morgan fingerprint density at radius 1 is 1.44 bits per heavy atom. The van der Waals surface area contributed by atoms with Crippen molar-refractivity contribution in [3.8, 4) is 6.07 Å². The lowest BCUT2D eigenvalue weighted by Crippen LogP contribution is -2.23. The number of anilines is 1. The van der Waals surface area contributed by atoms with Crippen LogP contribution in [-0.4, -0.2) is 29.1 Å². The van der Waals surface area contributed by atoms with E-state index < -0.39 is 0 Å². The number of nitrogens with one attached hydrogen (secondary N) is 2. The Bertz CT molecular complexity index is 610. The predicted octanol–water partition coefficient (Wildman–Crippen LogP) is 1.28. The van der Waals surface area contributed by atoms with E-state index in [4.69, 9.17) is 5.26 Å². The summed E-state index contributed by atoms with van der Waals surface area (Å²) in [7, 11) is 0. The van der Waals surface area contributed by atoms with Gasteiger partial charge in [-0.2, -0.15) is 5.26 Å². The van der Waals surface area contributed by atoms with Crippen molar-refractivity contribution in [2.45, 2.75) is 12.5 Å². The van der Waals surface area contributed by atoms with Crippen molar-refractivity contribution in [1.29, 1.82) is 5.26 Å². The summed E-state index contributed by atoms with van der Waals surface area (Å²) < 4.78 is 0. The topological polar surface area (TPSA) is 73.6 Å². The Morgan fingerprint density at radius 3 is 3.17 bits per heavy atom. The van der Waals surface area contributed by atoms with Gasteiger partial charge in [0.1, 0.15) is 0 Å². The van der Waals surface area contributed by atoms with Crippen molar-refractivity contribution < 1.29 is 0 Å². The lowest BCUT2D eigenvalue weighted by Gasteiger charge is -2.11. The second-order valence-corrected chi connectivity index (χ2v) is 4.41. The number of rotatable bonds is 2. The second-order valence-electron chi connectivity index (χ2n) is 4.41. The van der Waals surface area contributed by atoms with Crippen molar-refractivity contribution in [3.05, 3.63) is 30.0 Å². The number of benzene rings is 1. The monoisotopic (exact) mass is 239 g/mol. The molecule has 1 aromatic heterocycles. The van der Waals surface area contributed by atoms with Crippen molar-refractivity contribution in [2.75, 3.05) is 18.4 Å². The minimum Gasteiger partial charge on any atom is -0.350 e. The van der Waals surface area contributed by atoms with Crippen LogP contribution in [0.25, 0.3) is 10.9 Å². The number of aromatic nitrogens is 2. The number of hydrogen-bond acceptors (Lipinski definition) is 5. The molecule has 90 valence electrons. The minimum atomic E-state index is 0.390. The molecule has 0 amide bonds. The number of nitrogens with zero attached hydrogens (tertiary/aromatic N) is 3. The number of fused-ring (bicyclic) bond motifs is 1. The first kappa shape index (κ1) is 10.9. The lowest BCUT2D eigenvalue weighted by molar-refractivity contribution is 0.782. The van der Waals surface area contributed by atoms with Gasteiger partial charge in [0, 0.05) is 24.2 Å². The zero-order valence-electron chi connectivity index (χ0n) is 9.85. The molecule has 1 atom stereocenters. The summed E-state index contributed by atoms with van der Waals surface area (Å²) >= 11 is 0. The Labute approximate surface area is 105 Å². The Hall–Kier alpha value is -2.19. The maximum Gasteiger partial charge on any atom is 0.223 e. The third-order valence-corrected chi connectivity index (χ3v) is 3.11. The molecule has 18 heavy (non-hydrogen) atoms. The Kier molecular flexibility index (Phi) is 2.79. The second kappa shape index (κ2) is 4.59. The molecule has 2 heterocycles. The van der Waals surface area contributed by atoms with Gasteiger partial charge in [0.05, 0.1) is 17.1 Å². The van der Waals surface area contributed by atoms with Crippen LogP contribution < -0.4 is 10.6 Å². The first-order valence-electron chi connectivity index (χ1n) is 5.99. The molecule has 5 heteroatoms. The van der Waals surface area contributed by atoms with Gasteiger partial charge in [-0.15, -0.1) is 0 Å². The van der Waals surface area contributed by atoms with E-state index in [1.54, 1.807) is 18.3 Å². The van der Waals surface area contributed by atoms with Gasteiger partial charge < -0.3 is 10.6 Å². The summed E-state index contributed by atoms with van der Waals surface area (Å²) in [5.74, 6) is 0.631. The molecule has 2 N–H and O–H groups in total. The molecule has 1 aliphatic rings. The molecule has 2 aromatic rings. The first-order chi connectivity index (χ1) is 8.85. The van der Waals surface area contributed by atoms with Gasteiger partial charge in [-0.05, 0) is 31.2 Å². The van der Waals surface area contributed by atoms with Crippen LogP contribution in [0.4, 0.5) is 5.95 Å². The van der Waals surface area contributed by atoms with Crippen LogP contribution in [-0.2, 0) is 0 Å². The highest BCUT2D eigenvalue weighted by Crippen LogP contribution is 2.15. The van der Waals surface area contributed by atoms with E-state index in [1.165, 1.54) is 0 Å². The van der Waals surface area contributed by atoms with Crippen LogP contribution in [0.1, 0.15) is 12.0 Å². The van der Waals surface area contributed by atoms with Gasteiger partial charge in [0.2, 0.25) is 5.95 Å². The number of nitriles is 1. The van der Waals surface area contributed by atoms with Gasteiger partial charge in [-0.25, -0.2) is 9.97 Å². The molecular weight excluding hydrogens is 226 g/mol. The zero-order valence-corrected chi connectivity index (χ0v) is 9.85. The summed E-state index contributed by atoms with van der Waals surface area (Å²) in [5, 5.41) is 16.4. The molecule has 1 aliphatic heterocycles. The molecule has 0 aliphatic carbocycles. The average Bonchev–Trinajstić information content (AvgIpc) is 2.90. The summed E-state index contributed by atoms with van der Waals surface area (Å²) in [5.41, 5.74) is 1.42. The molecular formula is C13H13N5. The van der Waals surface area contributed by atoms with E-state index in [0.29, 0.717) is 17.6 Å². The van der Waals surface area contributed by atoms with Crippen LogP contribution >= 0.6 is 0 Å². The van der Waals surface area contributed by atoms with Crippen molar-refractivity contribution in [3.63, 3.8) is 0 Å². The molecule has 1 fully saturated rings. The van der Waals surface area contributed by atoms with Crippen molar-refractivity contribution in [2.24, 2.45) is 0 Å². The van der Waals surface area contributed by atoms with Gasteiger partial charge >= 0.3 is 0 Å². The van der Waals surface area contributed by atoms with Gasteiger partial charge in [0.25, 0.3) is 0 Å². The van der Waals surface area contributed by atoms with Gasteiger partial charge in [-0.1, -0.05) is 0 Å². The standard InChI is InChI=1S/C13H13N5/c14-6-9-1-2-10-7-16-13(18-12(10)5-9)17-11-3-4-15-8-11/h1-2,5,7,11,15H,3-4,8H2,(H,16,17,18)/t11-/m1/s1. The molecule has 5 nitrogen and oxygen atoms in total. The molecule has 1 aromatic carbocycles. The molecule has 0 bridgehead atoms. The highest BCUT2D eigenvalue weighted by molar-refractivity contribution is 5.80. The Balaban J connectivity index is 1.91. The average molecular weight is 239 g/mol. The maximum atomic E-state index is 8.88. The molecule has 0 unspecified atom stereocenters. The minimum absolute atomic E-state index is 0.390. The lowest BCUT2D eigenvalue weighted by atomic mass is 10.2. The van der Waals surface area contributed by atoms with E-state index in [9.17, 15) is 0 Å². The highest BCUT2D eigenvalue weighted by atomic mass is 15.1. The fourth-order valence-corrected chi connectivity index (χ4v) is 2.12. The number of hydrogen-bond donors (Lipinski definition) is 2. The van der Waals surface area contributed by atoms with E-state index >= 15 is 0 Å². The smallest absolute Gasteiger partial charge is 0.223 e. The van der Waals surface area contributed by atoms with Crippen LogP contribution in [0.3, 0.4) is 0 Å². The zero-order chi connectivity index (χ0) is 12.4. The van der Waals surface area contributed by atoms with Crippen molar-refractivity contribution >= 4 is 16.9 Å². The maximum absolute atomic E-state index is 8.88. The van der Waals surface area contributed by atoms with E-state index in [-0.39, 0.29) is 0 Å². The van der Waals surface area contributed by atoms with Gasteiger partial charge in [-0.3, -0.25) is 0 Å². The molecule has 0 radical (unpaired) electrons.